The summed E-state index contributed by atoms with van der Waals surface area (Å²) in [5.41, 5.74) is 9.10. The molecule has 0 radical (unpaired) electrons. The van der Waals surface area contributed by atoms with Gasteiger partial charge in [0, 0.05) is 14.2 Å². The average molecular weight is 275 g/mol. The van der Waals surface area contributed by atoms with Crippen LogP contribution in [-0.2, 0) is 4.74 Å². The lowest BCUT2D eigenvalue weighted by molar-refractivity contribution is -0.0206. The first-order valence-electron chi connectivity index (χ1n) is 7.03. The Morgan fingerprint density at radius 1 is 1.32 bits per heavy atom. The monoisotopic (exact) mass is 275 g/mol. The Balaban J connectivity index is 0. The van der Waals surface area contributed by atoms with E-state index in [0.29, 0.717) is 0 Å². The van der Waals surface area contributed by atoms with Crippen LogP contribution in [0.25, 0.3) is 0 Å². The van der Waals surface area contributed by atoms with E-state index in [1.54, 1.807) is 0 Å². The maximum absolute atomic E-state index is 7.00. The molecule has 6 N–H and O–H groups in total. The summed E-state index contributed by atoms with van der Waals surface area (Å²) in [5, 5.41) is 13.1. The summed E-state index contributed by atoms with van der Waals surface area (Å²) < 4.78 is 5.64. The Kier molecular flexibility index (Phi) is 13.2. The molecule has 0 unspecified atom stereocenters. The molecule has 0 aromatic rings. The molecule has 5 heteroatoms. The van der Waals surface area contributed by atoms with E-state index in [-0.39, 0.29) is 11.6 Å². The van der Waals surface area contributed by atoms with Gasteiger partial charge in [-0.1, -0.05) is 39.0 Å². The fourth-order valence-electron chi connectivity index (χ4n) is 2.64. The first-order chi connectivity index (χ1) is 8.93. The minimum atomic E-state index is -0.333. The fraction of sp³-hybridized carbons (Fsp3) is 0.929. The number of hydrogen-bond acceptors (Lipinski definition) is 3. The first-order valence-corrected chi connectivity index (χ1v) is 7.03. The lowest BCUT2D eigenvalue weighted by Gasteiger charge is -2.30. The van der Waals surface area contributed by atoms with E-state index in [0.717, 1.165) is 13.0 Å². The summed E-state index contributed by atoms with van der Waals surface area (Å²) in [7, 11) is 2.87. The predicted molar refractivity (Wildman–Crippen MR) is 81.1 cm³/mol. The zero-order valence-electron chi connectivity index (χ0n) is 13.0. The topological polar surface area (TPSA) is 105 Å². The third-order valence-electron chi connectivity index (χ3n) is 3.47. The van der Waals surface area contributed by atoms with Crippen LogP contribution in [0.5, 0.6) is 0 Å². The van der Waals surface area contributed by atoms with E-state index in [1.807, 2.05) is 7.11 Å². The maximum Gasteiger partial charge on any atom is 0.183 e. The van der Waals surface area contributed by atoms with Crippen molar-refractivity contribution in [3.63, 3.8) is 0 Å². The van der Waals surface area contributed by atoms with Crippen molar-refractivity contribution in [2.45, 2.75) is 64.4 Å². The molecule has 1 fully saturated rings. The largest absolute Gasteiger partial charge is 0.400 e. The van der Waals surface area contributed by atoms with E-state index >= 15 is 0 Å². The highest BCUT2D eigenvalue weighted by Gasteiger charge is 2.28. The lowest BCUT2D eigenvalue weighted by Crippen LogP contribution is -2.29. The molecule has 1 aliphatic carbocycles. The van der Waals surface area contributed by atoms with E-state index < -0.39 is 0 Å². The van der Waals surface area contributed by atoms with Crippen molar-refractivity contribution >= 4 is 5.96 Å². The third-order valence-corrected chi connectivity index (χ3v) is 3.47. The Morgan fingerprint density at radius 3 is 2.05 bits per heavy atom. The molecule has 1 rings (SSSR count). The SMILES string of the molecule is CCC[C@@](C)(CC1CCCC1)OC.CO.N=C(N)N. The van der Waals surface area contributed by atoms with Crippen molar-refractivity contribution in [2.75, 3.05) is 14.2 Å². The van der Waals surface area contributed by atoms with Gasteiger partial charge >= 0.3 is 0 Å². The summed E-state index contributed by atoms with van der Waals surface area (Å²) in [5.74, 6) is 0.608. The number of nitrogens with two attached hydrogens (primary N) is 2. The van der Waals surface area contributed by atoms with E-state index in [4.69, 9.17) is 15.3 Å². The minimum Gasteiger partial charge on any atom is -0.400 e. The molecule has 0 aliphatic heterocycles. The Hall–Kier alpha value is -0.810. The highest BCUT2D eigenvalue weighted by molar-refractivity contribution is 5.71. The van der Waals surface area contributed by atoms with Crippen LogP contribution in [0.1, 0.15) is 58.8 Å². The van der Waals surface area contributed by atoms with E-state index in [9.17, 15) is 0 Å². The second-order valence-corrected chi connectivity index (χ2v) is 5.21. The van der Waals surface area contributed by atoms with Crippen molar-refractivity contribution in [1.29, 1.82) is 5.41 Å². The van der Waals surface area contributed by atoms with Gasteiger partial charge in [0.1, 0.15) is 0 Å². The van der Waals surface area contributed by atoms with Crippen LogP contribution in [0, 0.1) is 11.3 Å². The summed E-state index contributed by atoms with van der Waals surface area (Å²) >= 11 is 0. The van der Waals surface area contributed by atoms with Crippen molar-refractivity contribution in [1.82, 2.24) is 0 Å². The molecule has 0 heterocycles. The number of aliphatic hydroxyl groups is 1. The van der Waals surface area contributed by atoms with Gasteiger partial charge in [0.05, 0.1) is 5.60 Å². The molecular weight excluding hydrogens is 242 g/mol. The lowest BCUT2D eigenvalue weighted by atomic mass is 9.87. The minimum absolute atomic E-state index is 0.157. The molecule has 1 aliphatic rings. The molecular formula is C14H33N3O2. The quantitative estimate of drug-likeness (QED) is 0.456. The van der Waals surface area contributed by atoms with Gasteiger partial charge in [0.15, 0.2) is 5.96 Å². The van der Waals surface area contributed by atoms with Gasteiger partial charge in [0.2, 0.25) is 0 Å². The van der Waals surface area contributed by atoms with Crippen molar-refractivity contribution in [3.05, 3.63) is 0 Å². The van der Waals surface area contributed by atoms with Gasteiger partial charge in [0.25, 0.3) is 0 Å². The fourth-order valence-corrected chi connectivity index (χ4v) is 2.64. The molecule has 116 valence electrons. The van der Waals surface area contributed by atoms with Crippen molar-refractivity contribution in [3.8, 4) is 0 Å². The molecule has 0 aromatic carbocycles. The molecule has 0 bridgehead atoms. The summed E-state index contributed by atoms with van der Waals surface area (Å²) in [6.07, 6.45) is 9.47. The number of hydrogen-bond donors (Lipinski definition) is 4. The highest BCUT2D eigenvalue weighted by Crippen LogP contribution is 2.34. The van der Waals surface area contributed by atoms with E-state index in [1.165, 1.54) is 44.9 Å². The summed E-state index contributed by atoms with van der Waals surface area (Å²) in [6.45, 7) is 4.51. The third kappa shape index (κ3) is 12.0. The number of guanidine groups is 1. The van der Waals surface area contributed by atoms with Crippen LogP contribution in [0.2, 0.25) is 0 Å². The van der Waals surface area contributed by atoms with Gasteiger partial charge in [-0.2, -0.15) is 0 Å². The van der Waals surface area contributed by atoms with Gasteiger partial charge in [-0.05, 0) is 25.7 Å². The van der Waals surface area contributed by atoms with Gasteiger partial charge < -0.3 is 21.3 Å². The smallest absolute Gasteiger partial charge is 0.183 e. The molecule has 0 amide bonds. The molecule has 1 atom stereocenters. The highest BCUT2D eigenvalue weighted by atomic mass is 16.5. The van der Waals surface area contributed by atoms with Crippen LogP contribution in [0.4, 0.5) is 0 Å². The molecule has 1 saturated carbocycles. The van der Waals surface area contributed by atoms with Crippen LogP contribution in [0.3, 0.4) is 0 Å². The Bertz CT molecular complexity index is 215. The average Bonchev–Trinajstić information content (AvgIpc) is 2.84. The second kappa shape index (κ2) is 12.2. The number of aliphatic hydroxyl groups excluding tert-OH is 1. The molecule has 5 nitrogen and oxygen atoms in total. The van der Waals surface area contributed by atoms with Gasteiger partial charge in [-0.25, -0.2) is 0 Å². The molecule has 0 saturated heterocycles. The zero-order chi connectivity index (χ0) is 15.3. The zero-order valence-corrected chi connectivity index (χ0v) is 13.0. The van der Waals surface area contributed by atoms with Crippen LogP contribution in [-0.4, -0.2) is 30.9 Å². The van der Waals surface area contributed by atoms with Gasteiger partial charge in [-0.3, -0.25) is 5.41 Å². The summed E-state index contributed by atoms with van der Waals surface area (Å²) in [6, 6.07) is 0. The van der Waals surface area contributed by atoms with E-state index in [2.05, 4.69) is 25.3 Å². The Labute approximate surface area is 118 Å². The van der Waals surface area contributed by atoms with Gasteiger partial charge in [-0.15, -0.1) is 0 Å². The molecule has 0 aromatic heterocycles. The standard InChI is InChI=1S/C12H24O.CH5N3.CH4O/c1-4-9-12(2,13-3)10-11-7-5-6-8-11;2-1(3)4;1-2/h11H,4-10H2,1-3H3;(H5,2,3,4);2H,1H3/t12-;;/m0../s1. The van der Waals surface area contributed by atoms with Crippen molar-refractivity contribution in [2.24, 2.45) is 17.4 Å². The normalized spacial score (nSPS) is 17.5. The Morgan fingerprint density at radius 2 is 1.74 bits per heavy atom. The number of nitrogens with one attached hydrogen (secondary N) is 1. The van der Waals surface area contributed by atoms with Crippen LogP contribution < -0.4 is 11.5 Å². The first kappa shape index (κ1) is 20.5. The predicted octanol–water partition coefficient (Wildman–Crippen LogP) is 2.22. The number of rotatable bonds is 5. The molecule has 0 spiro atoms. The van der Waals surface area contributed by atoms with Crippen LogP contribution in [0.15, 0.2) is 0 Å². The number of methoxy groups -OCH3 is 1. The van der Waals surface area contributed by atoms with Crippen molar-refractivity contribution < 1.29 is 9.84 Å². The molecule has 19 heavy (non-hydrogen) atoms. The maximum atomic E-state index is 7.00. The second-order valence-electron chi connectivity index (χ2n) is 5.21. The summed E-state index contributed by atoms with van der Waals surface area (Å²) in [4.78, 5) is 0. The number of ether oxygens (including phenoxy) is 1. The van der Waals surface area contributed by atoms with Crippen LogP contribution >= 0.6 is 0 Å².